The van der Waals surface area contributed by atoms with E-state index in [1.807, 2.05) is 0 Å². The second-order valence-corrected chi connectivity index (χ2v) is 9.82. The number of hydrogen-bond acceptors (Lipinski definition) is 8. The van der Waals surface area contributed by atoms with Gasteiger partial charge in [-0.3, -0.25) is 14.4 Å². The average Bonchev–Trinajstić information content (AvgIpc) is 3.08. The Labute approximate surface area is 173 Å². The number of hydrogen-bond donors (Lipinski definition) is 2. The molecule has 0 aromatic heterocycles. The maximum atomic E-state index is 13.4. The lowest BCUT2D eigenvalue weighted by Crippen LogP contribution is -2.51. The highest BCUT2D eigenvalue weighted by Crippen LogP contribution is 2.77. The van der Waals surface area contributed by atoms with Gasteiger partial charge in [0, 0.05) is 18.8 Å². The summed E-state index contributed by atoms with van der Waals surface area (Å²) >= 11 is 0. The Balaban J connectivity index is 1.64. The SMILES string of the molecule is C=C1C[C@]23C[C@@]1(O)CC[C@H]2[C@@]12C=C[C@H](O)[C@@](C)(C(=O)O1)C2C3C(=O)OCOC(C)=O. The Kier molecular flexibility index (Phi) is 3.78. The quantitative estimate of drug-likeness (QED) is 0.396. The fourth-order valence-corrected chi connectivity index (χ4v) is 7.37. The summed E-state index contributed by atoms with van der Waals surface area (Å²) in [5.41, 5.74) is -3.45. The highest BCUT2D eigenvalue weighted by Gasteiger charge is 2.83. The summed E-state index contributed by atoms with van der Waals surface area (Å²) in [6.07, 6.45) is 4.01. The van der Waals surface area contributed by atoms with Gasteiger partial charge in [-0.25, -0.2) is 0 Å². The van der Waals surface area contributed by atoms with E-state index in [9.17, 15) is 24.6 Å². The fraction of sp³-hybridized carbons (Fsp3) is 0.682. The maximum Gasteiger partial charge on any atom is 0.316 e. The molecule has 1 saturated heterocycles. The zero-order valence-electron chi connectivity index (χ0n) is 17.1. The van der Waals surface area contributed by atoms with Crippen molar-refractivity contribution in [2.75, 3.05) is 6.79 Å². The van der Waals surface area contributed by atoms with E-state index >= 15 is 0 Å². The first kappa shape index (κ1) is 19.8. The van der Waals surface area contributed by atoms with E-state index in [1.165, 1.54) is 6.92 Å². The lowest BCUT2D eigenvalue weighted by molar-refractivity contribution is -0.177. The molecule has 4 bridgehead atoms. The molecule has 5 rings (SSSR count). The number of aliphatic hydroxyl groups is 2. The van der Waals surface area contributed by atoms with Gasteiger partial charge >= 0.3 is 17.9 Å². The minimum absolute atomic E-state index is 0.213. The van der Waals surface area contributed by atoms with Gasteiger partial charge in [0.05, 0.1) is 17.6 Å². The number of rotatable bonds is 3. The van der Waals surface area contributed by atoms with Crippen molar-refractivity contribution in [3.63, 3.8) is 0 Å². The van der Waals surface area contributed by atoms with E-state index in [4.69, 9.17) is 14.2 Å². The Morgan fingerprint density at radius 1 is 1.37 bits per heavy atom. The summed E-state index contributed by atoms with van der Waals surface area (Å²) < 4.78 is 16.1. The summed E-state index contributed by atoms with van der Waals surface area (Å²) in [5, 5.41) is 21.9. The second-order valence-electron chi connectivity index (χ2n) is 9.82. The highest BCUT2D eigenvalue weighted by atomic mass is 16.7. The van der Waals surface area contributed by atoms with Crippen LogP contribution in [0.3, 0.4) is 0 Å². The third kappa shape index (κ3) is 2.06. The van der Waals surface area contributed by atoms with Crippen molar-refractivity contribution in [1.82, 2.24) is 0 Å². The van der Waals surface area contributed by atoms with Crippen LogP contribution in [-0.4, -0.2) is 52.2 Å². The minimum Gasteiger partial charge on any atom is -0.454 e. The zero-order chi connectivity index (χ0) is 21.7. The predicted molar refractivity (Wildman–Crippen MR) is 100 cm³/mol. The predicted octanol–water partition coefficient (Wildman–Crippen LogP) is 1.01. The van der Waals surface area contributed by atoms with Crippen LogP contribution in [0.5, 0.6) is 0 Å². The molecule has 0 amide bonds. The number of aliphatic hydroxyl groups excluding tert-OH is 1. The molecule has 4 aliphatic carbocycles. The molecule has 8 nitrogen and oxygen atoms in total. The zero-order valence-corrected chi connectivity index (χ0v) is 17.1. The minimum atomic E-state index is -1.31. The monoisotopic (exact) mass is 418 g/mol. The van der Waals surface area contributed by atoms with Crippen molar-refractivity contribution in [3.05, 3.63) is 24.3 Å². The molecule has 4 fully saturated rings. The first-order valence-corrected chi connectivity index (χ1v) is 10.3. The molecule has 8 heteroatoms. The van der Waals surface area contributed by atoms with E-state index in [0.717, 1.165) is 0 Å². The lowest BCUT2D eigenvalue weighted by Gasteiger charge is -2.44. The average molecular weight is 418 g/mol. The first-order valence-electron chi connectivity index (χ1n) is 10.3. The van der Waals surface area contributed by atoms with Gasteiger partial charge in [0.2, 0.25) is 6.79 Å². The van der Waals surface area contributed by atoms with Crippen LogP contribution in [0.25, 0.3) is 0 Å². The summed E-state index contributed by atoms with van der Waals surface area (Å²) in [6.45, 7) is 6.40. The molecule has 0 aromatic carbocycles. The van der Waals surface area contributed by atoms with Crippen molar-refractivity contribution in [2.45, 2.75) is 56.8 Å². The van der Waals surface area contributed by atoms with Crippen LogP contribution in [0.1, 0.15) is 39.5 Å². The van der Waals surface area contributed by atoms with E-state index in [0.29, 0.717) is 31.3 Å². The highest BCUT2D eigenvalue weighted by molar-refractivity contribution is 5.87. The van der Waals surface area contributed by atoms with Crippen LogP contribution in [0.4, 0.5) is 0 Å². The smallest absolute Gasteiger partial charge is 0.316 e. The molecular weight excluding hydrogens is 392 g/mol. The Bertz CT molecular complexity index is 909. The molecule has 162 valence electrons. The maximum absolute atomic E-state index is 13.4. The summed E-state index contributed by atoms with van der Waals surface area (Å²) in [4.78, 5) is 37.5. The Hall–Kier alpha value is -2.19. The number of ether oxygens (including phenoxy) is 3. The third-order valence-corrected chi connectivity index (χ3v) is 8.57. The van der Waals surface area contributed by atoms with Gasteiger partial charge in [0.15, 0.2) is 0 Å². The molecule has 1 aliphatic heterocycles. The van der Waals surface area contributed by atoms with Crippen molar-refractivity contribution < 1.29 is 38.8 Å². The van der Waals surface area contributed by atoms with Gasteiger partial charge in [-0.1, -0.05) is 12.7 Å². The summed E-state index contributed by atoms with van der Waals surface area (Å²) in [6, 6.07) is 0. The van der Waals surface area contributed by atoms with Crippen LogP contribution >= 0.6 is 0 Å². The van der Waals surface area contributed by atoms with E-state index < -0.39 is 64.7 Å². The van der Waals surface area contributed by atoms with Crippen LogP contribution in [0.2, 0.25) is 0 Å². The Morgan fingerprint density at radius 3 is 2.80 bits per heavy atom. The van der Waals surface area contributed by atoms with Gasteiger partial charge in [0.1, 0.15) is 11.0 Å². The van der Waals surface area contributed by atoms with Crippen LogP contribution in [0.15, 0.2) is 24.3 Å². The normalized spacial score (nSPS) is 50.0. The van der Waals surface area contributed by atoms with Crippen molar-refractivity contribution >= 4 is 17.9 Å². The Morgan fingerprint density at radius 2 is 2.10 bits per heavy atom. The molecule has 3 saturated carbocycles. The van der Waals surface area contributed by atoms with Crippen molar-refractivity contribution in [1.29, 1.82) is 0 Å². The molecule has 2 N–H and O–H groups in total. The topological polar surface area (TPSA) is 119 Å². The van der Waals surface area contributed by atoms with Gasteiger partial charge in [0.25, 0.3) is 0 Å². The molecule has 0 radical (unpaired) electrons. The van der Waals surface area contributed by atoms with Crippen LogP contribution < -0.4 is 0 Å². The van der Waals surface area contributed by atoms with Crippen LogP contribution in [-0.2, 0) is 28.6 Å². The van der Waals surface area contributed by atoms with E-state index in [2.05, 4.69) is 6.58 Å². The van der Waals surface area contributed by atoms with E-state index in [1.54, 1.807) is 19.1 Å². The molecule has 1 heterocycles. The van der Waals surface area contributed by atoms with Gasteiger partial charge in [-0.2, -0.15) is 0 Å². The number of carbonyl (C=O) groups is 3. The standard InChI is InChI=1S/C22H26O8/c1-11-8-20-9-21(11,27)6-4-13(20)22-7-5-14(24)19(3,18(26)30-22)16(22)15(20)17(25)29-10-28-12(2)23/h5,7,13-16,24,27H,1,4,6,8-10H2,2-3H3/t13-,14+,15?,16?,19-,20+,21+,22-/m1/s1. The molecular formula is C22H26O8. The molecule has 30 heavy (non-hydrogen) atoms. The van der Waals surface area contributed by atoms with Crippen LogP contribution in [0, 0.1) is 28.6 Å². The number of fused-ring (bicyclic) bond motifs is 1. The fourth-order valence-electron chi connectivity index (χ4n) is 7.37. The largest absolute Gasteiger partial charge is 0.454 e. The van der Waals surface area contributed by atoms with E-state index in [-0.39, 0.29) is 5.92 Å². The first-order chi connectivity index (χ1) is 14.0. The van der Waals surface area contributed by atoms with Gasteiger partial charge < -0.3 is 24.4 Å². The molecule has 1 spiro atoms. The molecule has 2 unspecified atom stereocenters. The number of carbonyl (C=O) groups excluding carboxylic acids is 3. The summed E-state index contributed by atoms with van der Waals surface area (Å²) in [7, 11) is 0. The molecule has 5 aliphatic rings. The van der Waals surface area contributed by atoms with Gasteiger partial charge in [-0.05, 0) is 49.7 Å². The molecule has 8 atom stereocenters. The second kappa shape index (κ2) is 5.73. The van der Waals surface area contributed by atoms with Crippen molar-refractivity contribution in [3.8, 4) is 0 Å². The third-order valence-electron chi connectivity index (χ3n) is 8.57. The lowest BCUT2D eigenvalue weighted by atomic mass is 9.61. The number of esters is 3. The molecule has 0 aromatic rings. The summed E-state index contributed by atoms with van der Waals surface area (Å²) in [5.74, 6) is -3.41. The van der Waals surface area contributed by atoms with Gasteiger partial charge in [-0.15, -0.1) is 0 Å². The van der Waals surface area contributed by atoms with Crippen molar-refractivity contribution in [2.24, 2.45) is 28.6 Å².